The lowest BCUT2D eigenvalue weighted by atomic mass is 10.1. The van der Waals surface area contributed by atoms with Crippen LogP contribution >= 0.6 is 0 Å². The van der Waals surface area contributed by atoms with Gasteiger partial charge in [0.25, 0.3) is 0 Å². The number of para-hydroxylation sites is 1. The number of hydrogen-bond donors (Lipinski definition) is 2. The first kappa shape index (κ1) is 17.0. The molecule has 1 atom stereocenters. The summed E-state index contributed by atoms with van der Waals surface area (Å²) in [6, 6.07) is 6.05. The molecule has 0 spiro atoms. The van der Waals surface area contributed by atoms with Gasteiger partial charge in [-0.1, -0.05) is 18.2 Å². The molecule has 1 fully saturated rings. The summed E-state index contributed by atoms with van der Waals surface area (Å²) in [6.07, 6.45) is 0.776. The predicted molar refractivity (Wildman–Crippen MR) is 77.5 cm³/mol. The number of urea groups is 1. The maximum atomic E-state index is 12.3. The molecule has 1 unspecified atom stereocenters. The molecule has 126 valence electrons. The Hall–Kier alpha value is -2.38. The largest absolute Gasteiger partial charge is 0.481 e. The van der Waals surface area contributed by atoms with Crippen molar-refractivity contribution in [3.8, 4) is 5.75 Å². The first-order chi connectivity index (χ1) is 11.0. The van der Waals surface area contributed by atoms with Gasteiger partial charge in [0.15, 0.2) is 0 Å². The summed E-state index contributed by atoms with van der Waals surface area (Å²) < 4.78 is 29.0. The monoisotopic (exact) mass is 328 g/mol. The fraction of sp³-hybridized carbons (Fsp3) is 0.467. The zero-order chi connectivity index (χ0) is 16.8. The number of carbonyl (C=O) groups excluding carboxylic acids is 1. The van der Waals surface area contributed by atoms with Crippen molar-refractivity contribution in [3.63, 3.8) is 0 Å². The first-order valence-electron chi connectivity index (χ1n) is 7.25. The van der Waals surface area contributed by atoms with E-state index in [0.717, 1.165) is 0 Å². The predicted octanol–water partition coefficient (Wildman–Crippen LogP) is 1.95. The second kappa shape index (κ2) is 7.75. The summed E-state index contributed by atoms with van der Waals surface area (Å²) in [5.41, 5.74) is 0.568. The van der Waals surface area contributed by atoms with Crippen LogP contribution in [-0.2, 0) is 11.2 Å². The van der Waals surface area contributed by atoms with E-state index in [2.05, 4.69) is 10.1 Å². The number of nitrogens with one attached hydrogen (secondary N) is 1. The van der Waals surface area contributed by atoms with Crippen LogP contribution < -0.4 is 10.1 Å². The smallest absolute Gasteiger partial charge is 0.387 e. The van der Waals surface area contributed by atoms with E-state index in [4.69, 9.17) is 5.11 Å². The van der Waals surface area contributed by atoms with Crippen molar-refractivity contribution in [3.05, 3.63) is 29.8 Å². The van der Waals surface area contributed by atoms with Gasteiger partial charge in [0.2, 0.25) is 0 Å². The maximum Gasteiger partial charge on any atom is 0.387 e. The van der Waals surface area contributed by atoms with Crippen molar-refractivity contribution in [1.29, 1.82) is 0 Å². The number of rotatable bonds is 6. The van der Waals surface area contributed by atoms with Crippen LogP contribution in [0.5, 0.6) is 5.75 Å². The molecule has 0 bridgehead atoms. The van der Waals surface area contributed by atoms with Crippen molar-refractivity contribution in [2.45, 2.75) is 19.5 Å². The number of nitrogens with zero attached hydrogens (tertiary/aromatic N) is 1. The third-order valence-corrected chi connectivity index (χ3v) is 3.68. The molecule has 1 aliphatic rings. The van der Waals surface area contributed by atoms with Gasteiger partial charge in [0.05, 0.1) is 5.92 Å². The molecule has 6 nitrogen and oxygen atoms in total. The Bertz CT molecular complexity index is 568. The first-order valence-corrected chi connectivity index (χ1v) is 7.25. The minimum Gasteiger partial charge on any atom is -0.481 e. The van der Waals surface area contributed by atoms with E-state index in [-0.39, 0.29) is 24.9 Å². The lowest BCUT2D eigenvalue weighted by Gasteiger charge is -2.17. The minimum atomic E-state index is -2.90. The molecule has 2 amide bonds. The quantitative estimate of drug-likeness (QED) is 0.836. The molecule has 23 heavy (non-hydrogen) atoms. The number of amides is 2. The number of alkyl halides is 2. The van der Waals surface area contributed by atoms with Crippen molar-refractivity contribution >= 4 is 12.0 Å². The fourth-order valence-corrected chi connectivity index (χ4v) is 2.48. The van der Waals surface area contributed by atoms with Gasteiger partial charge in [0.1, 0.15) is 5.75 Å². The highest BCUT2D eigenvalue weighted by molar-refractivity contribution is 5.77. The third-order valence-electron chi connectivity index (χ3n) is 3.68. The number of ether oxygens (including phenoxy) is 1. The van der Waals surface area contributed by atoms with Crippen LogP contribution in [0.4, 0.5) is 13.6 Å². The number of aliphatic carboxylic acids is 1. The Morgan fingerprint density at radius 1 is 1.39 bits per heavy atom. The highest BCUT2D eigenvalue weighted by Gasteiger charge is 2.30. The Morgan fingerprint density at radius 2 is 2.13 bits per heavy atom. The van der Waals surface area contributed by atoms with E-state index in [1.165, 1.54) is 11.0 Å². The molecule has 1 aliphatic heterocycles. The van der Waals surface area contributed by atoms with Crippen LogP contribution in [0, 0.1) is 5.92 Å². The van der Waals surface area contributed by atoms with Gasteiger partial charge in [-0.15, -0.1) is 0 Å². The molecule has 1 aromatic carbocycles. The standard InChI is InChI=1S/C15H18F2N2O4/c16-14(17)23-12-4-2-1-3-10(12)5-7-18-15(22)19-8-6-11(9-19)13(20)21/h1-4,11,14H,5-9H2,(H,18,22)(H,20,21). The third kappa shape index (κ3) is 4.80. The zero-order valence-corrected chi connectivity index (χ0v) is 12.4. The Balaban J connectivity index is 1.81. The molecule has 1 aromatic rings. The van der Waals surface area contributed by atoms with E-state index >= 15 is 0 Å². The van der Waals surface area contributed by atoms with E-state index in [9.17, 15) is 18.4 Å². The van der Waals surface area contributed by atoms with Crippen LogP contribution in [-0.4, -0.2) is 48.3 Å². The van der Waals surface area contributed by atoms with E-state index in [1.54, 1.807) is 18.2 Å². The van der Waals surface area contributed by atoms with E-state index < -0.39 is 18.5 Å². The highest BCUT2D eigenvalue weighted by Crippen LogP contribution is 2.20. The Kier molecular flexibility index (Phi) is 5.72. The summed E-state index contributed by atoms with van der Waals surface area (Å²) in [6.45, 7) is -2.07. The van der Waals surface area contributed by atoms with Gasteiger partial charge in [-0.3, -0.25) is 4.79 Å². The number of carboxylic acid groups (broad SMARTS) is 1. The molecule has 1 saturated heterocycles. The molecule has 2 rings (SSSR count). The normalized spacial score (nSPS) is 17.3. The lowest BCUT2D eigenvalue weighted by Crippen LogP contribution is -2.39. The molecule has 0 radical (unpaired) electrons. The Morgan fingerprint density at radius 3 is 2.78 bits per heavy atom. The van der Waals surface area contributed by atoms with Crippen molar-refractivity contribution in [2.24, 2.45) is 5.92 Å². The molecule has 1 heterocycles. The summed E-state index contributed by atoms with van der Waals surface area (Å²) in [4.78, 5) is 24.2. The SMILES string of the molecule is O=C(O)C1CCN(C(=O)NCCc2ccccc2OC(F)F)C1. The van der Waals surface area contributed by atoms with E-state index in [0.29, 0.717) is 24.9 Å². The molecule has 0 aliphatic carbocycles. The second-order valence-electron chi connectivity index (χ2n) is 5.24. The minimum absolute atomic E-state index is 0.0869. The summed E-state index contributed by atoms with van der Waals surface area (Å²) in [5, 5.41) is 11.6. The maximum absolute atomic E-state index is 12.3. The van der Waals surface area contributed by atoms with Crippen molar-refractivity contribution < 1.29 is 28.2 Å². The molecular formula is C15H18F2N2O4. The summed E-state index contributed by atoms with van der Waals surface area (Å²) >= 11 is 0. The van der Waals surface area contributed by atoms with Crippen LogP contribution in [0.3, 0.4) is 0 Å². The number of benzene rings is 1. The lowest BCUT2D eigenvalue weighted by molar-refractivity contribution is -0.141. The van der Waals surface area contributed by atoms with Gasteiger partial charge in [-0.25, -0.2) is 4.79 Å². The van der Waals surface area contributed by atoms with Crippen molar-refractivity contribution in [2.75, 3.05) is 19.6 Å². The second-order valence-corrected chi connectivity index (χ2v) is 5.24. The van der Waals surface area contributed by atoms with Crippen LogP contribution in [0.1, 0.15) is 12.0 Å². The van der Waals surface area contributed by atoms with Crippen LogP contribution in [0.25, 0.3) is 0 Å². The van der Waals surface area contributed by atoms with Gasteiger partial charge in [-0.2, -0.15) is 8.78 Å². The molecule has 0 saturated carbocycles. The highest BCUT2D eigenvalue weighted by atomic mass is 19.3. The Labute approximate surface area is 132 Å². The van der Waals surface area contributed by atoms with Gasteiger partial charge in [0, 0.05) is 19.6 Å². The number of likely N-dealkylation sites (tertiary alicyclic amines) is 1. The topological polar surface area (TPSA) is 78.9 Å². The van der Waals surface area contributed by atoms with E-state index in [1.807, 2.05) is 0 Å². The van der Waals surface area contributed by atoms with Crippen molar-refractivity contribution in [1.82, 2.24) is 10.2 Å². The van der Waals surface area contributed by atoms with Crippen LogP contribution in [0.2, 0.25) is 0 Å². The van der Waals surface area contributed by atoms with Gasteiger partial charge in [-0.05, 0) is 24.5 Å². The zero-order valence-electron chi connectivity index (χ0n) is 12.4. The molecule has 0 aromatic heterocycles. The number of halogens is 2. The average molecular weight is 328 g/mol. The fourth-order valence-electron chi connectivity index (χ4n) is 2.48. The number of carbonyl (C=O) groups is 2. The summed E-state index contributed by atoms with van der Waals surface area (Å²) in [7, 11) is 0. The van der Waals surface area contributed by atoms with Gasteiger partial charge >= 0.3 is 18.6 Å². The number of hydrogen-bond acceptors (Lipinski definition) is 3. The van der Waals surface area contributed by atoms with Gasteiger partial charge < -0.3 is 20.1 Å². The number of carboxylic acids is 1. The molecule has 2 N–H and O–H groups in total. The van der Waals surface area contributed by atoms with Crippen LogP contribution in [0.15, 0.2) is 24.3 Å². The molecular weight excluding hydrogens is 310 g/mol. The average Bonchev–Trinajstić information content (AvgIpc) is 2.98. The molecule has 8 heteroatoms. The summed E-state index contributed by atoms with van der Waals surface area (Å²) in [5.74, 6) is -1.34.